The highest BCUT2D eigenvalue weighted by atomic mass is 32.2. The lowest BCUT2D eigenvalue weighted by atomic mass is 9.71. The molecule has 6 rings (SSSR count). The Bertz CT molecular complexity index is 1780. The third kappa shape index (κ3) is 4.63. The smallest absolute Gasteiger partial charge is 0.246 e. The van der Waals surface area contributed by atoms with E-state index in [1.54, 1.807) is 29.7 Å². The number of hydrogen-bond acceptors (Lipinski definition) is 4. The Hall–Kier alpha value is -3.82. The predicted molar refractivity (Wildman–Crippen MR) is 154 cm³/mol. The van der Waals surface area contributed by atoms with Gasteiger partial charge in [-0.25, -0.2) is 17.5 Å². The lowest BCUT2D eigenvalue weighted by Crippen LogP contribution is -2.37. The molecule has 0 radical (unpaired) electrons. The van der Waals surface area contributed by atoms with Crippen LogP contribution >= 0.6 is 0 Å². The van der Waals surface area contributed by atoms with Crippen molar-refractivity contribution in [2.24, 2.45) is 7.05 Å². The average Bonchev–Trinajstić information content (AvgIpc) is 3.68. The van der Waals surface area contributed by atoms with E-state index in [2.05, 4.69) is 48.3 Å². The van der Waals surface area contributed by atoms with Crippen LogP contribution in [0.25, 0.3) is 16.6 Å². The van der Waals surface area contributed by atoms with Crippen molar-refractivity contribution in [2.45, 2.75) is 42.9 Å². The summed E-state index contributed by atoms with van der Waals surface area (Å²) in [6.07, 6.45) is 6.22. The van der Waals surface area contributed by atoms with Gasteiger partial charge in [0, 0.05) is 37.1 Å². The molecule has 1 unspecified atom stereocenters. The molecule has 9 heteroatoms. The minimum absolute atomic E-state index is 0.188. The second kappa shape index (κ2) is 9.98. The zero-order valence-corrected chi connectivity index (χ0v) is 23.6. The van der Waals surface area contributed by atoms with Gasteiger partial charge < -0.3 is 0 Å². The van der Waals surface area contributed by atoms with Crippen molar-refractivity contribution in [3.63, 3.8) is 0 Å². The van der Waals surface area contributed by atoms with Crippen molar-refractivity contribution in [3.05, 3.63) is 108 Å². The molecule has 1 atom stereocenters. The molecular weight excluding hydrogens is 525 g/mol. The molecule has 206 valence electrons. The lowest BCUT2D eigenvalue weighted by molar-refractivity contribution is 0.412. The van der Waals surface area contributed by atoms with Gasteiger partial charge in [-0.1, -0.05) is 44.2 Å². The Labute approximate surface area is 233 Å². The Morgan fingerprint density at radius 2 is 1.75 bits per heavy atom. The molecule has 3 heterocycles. The van der Waals surface area contributed by atoms with Crippen molar-refractivity contribution in [2.75, 3.05) is 13.1 Å². The summed E-state index contributed by atoms with van der Waals surface area (Å²) < 4.78 is 45.9. The predicted octanol–water partition coefficient (Wildman–Crippen LogP) is 5.60. The summed E-state index contributed by atoms with van der Waals surface area (Å²) in [6, 6.07) is 21.0. The highest BCUT2D eigenvalue weighted by Crippen LogP contribution is 2.44. The molecule has 3 aromatic carbocycles. The number of benzene rings is 3. The van der Waals surface area contributed by atoms with Crippen LogP contribution in [0.2, 0.25) is 0 Å². The van der Waals surface area contributed by atoms with Gasteiger partial charge in [0.05, 0.1) is 23.6 Å². The van der Waals surface area contributed by atoms with E-state index < -0.39 is 15.4 Å². The van der Waals surface area contributed by atoms with Gasteiger partial charge in [0.1, 0.15) is 10.7 Å². The first-order valence-electron chi connectivity index (χ1n) is 13.5. The highest BCUT2D eigenvalue weighted by Gasteiger charge is 2.46. The molecule has 1 aliphatic rings. The van der Waals surface area contributed by atoms with Crippen LogP contribution in [-0.2, 0) is 28.9 Å². The maximum absolute atomic E-state index is 13.7. The zero-order chi connectivity index (χ0) is 28.1. The van der Waals surface area contributed by atoms with Crippen LogP contribution in [-0.4, -0.2) is 45.4 Å². The molecule has 0 N–H and O–H groups in total. The van der Waals surface area contributed by atoms with Crippen LogP contribution in [0.1, 0.15) is 42.9 Å². The molecule has 1 aliphatic heterocycles. The van der Waals surface area contributed by atoms with E-state index in [0.717, 1.165) is 27.7 Å². The molecule has 7 nitrogen and oxygen atoms in total. The van der Waals surface area contributed by atoms with Crippen LogP contribution < -0.4 is 0 Å². The highest BCUT2D eigenvalue weighted by molar-refractivity contribution is 7.89. The Morgan fingerprint density at radius 1 is 1.00 bits per heavy atom. The lowest BCUT2D eigenvalue weighted by Gasteiger charge is -2.33. The van der Waals surface area contributed by atoms with E-state index in [0.29, 0.717) is 25.9 Å². The fourth-order valence-electron chi connectivity index (χ4n) is 5.98. The number of halogens is 1. The molecular formula is C31H32FN5O2S. The minimum Gasteiger partial charge on any atom is -0.274 e. The van der Waals surface area contributed by atoms with E-state index in [1.165, 1.54) is 28.6 Å². The Morgan fingerprint density at radius 3 is 2.42 bits per heavy atom. The van der Waals surface area contributed by atoms with Gasteiger partial charge in [-0.3, -0.25) is 4.68 Å². The van der Waals surface area contributed by atoms with Crippen LogP contribution in [0.3, 0.4) is 0 Å². The Kier molecular flexibility index (Phi) is 6.59. The third-order valence-corrected chi connectivity index (χ3v) is 9.82. The number of nitrogens with zero attached hydrogens (tertiary/aromatic N) is 5. The molecule has 0 spiro atoms. The normalized spacial score (nSPS) is 18.2. The molecule has 0 saturated carbocycles. The molecule has 40 heavy (non-hydrogen) atoms. The van der Waals surface area contributed by atoms with E-state index in [1.807, 2.05) is 29.1 Å². The van der Waals surface area contributed by atoms with E-state index in [4.69, 9.17) is 0 Å². The van der Waals surface area contributed by atoms with Crippen molar-refractivity contribution in [1.82, 2.24) is 23.9 Å². The number of fused-ring (bicyclic) bond motifs is 1. The number of aryl methyl sites for hydroxylation is 1. The SMILES string of the molecule is CC(C)c1cc2c(cnn2-c2ccc(F)cc2)cc1C1(Cc2ccccc2)CCN(S(=O)(=O)c2cnn(C)c2)C1. The van der Waals surface area contributed by atoms with Gasteiger partial charge in [-0.2, -0.15) is 14.5 Å². The molecule has 2 aromatic heterocycles. The zero-order valence-electron chi connectivity index (χ0n) is 22.8. The van der Waals surface area contributed by atoms with Crippen LogP contribution in [0.15, 0.2) is 90.2 Å². The molecule has 0 amide bonds. The Balaban J connectivity index is 1.49. The molecule has 1 fully saturated rings. The van der Waals surface area contributed by atoms with Crippen molar-refractivity contribution < 1.29 is 12.8 Å². The maximum atomic E-state index is 13.7. The molecule has 1 saturated heterocycles. The van der Waals surface area contributed by atoms with Gasteiger partial charge in [0.15, 0.2) is 0 Å². The maximum Gasteiger partial charge on any atom is 0.246 e. The fraction of sp³-hybridized carbons (Fsp3) is 0.290. The number of aromatic nitrogens is 4. The second-order valence-corrected chi connectivity index (χ2v) is 13.0. The van der Waals surface area contributed by atoms with Crippen molar-refractivity contribution in [1.29, 1.82) is 0 Å². The van der Waals surface area contributed by atoms with Crippen LogP contribution in [0, 0.1) is 5.82 Å². The first-order chi connectivity index (χ1) is 19.2. The summed E-state index contributed by atoms with van der Waals surface area (Å²) in [7, 11) is -1.98. The number of sulfonamides is 1. The van der Waals surface area contributed by atoms with Gasteiger partial charge in [0.2, 0.25) is 10.0 Å². The minimum atomic E-state index is -3.70. The summed E-state index contributed by atoms with van der Waals surface area (Å²) in [6.45, 7) is 5.13. The standard InChI is InChI=1S/C31H32FN5O2S/c1-22(2)28-16-30-24(18-34-37(30)26-11-9-25(32)10-12-26)15-29(28)31(17-23-7-5-4-6-8-23)13-14-36(21-31)40(38,39)27-19-33-35(3)20-27/h4-12,15-16,18-20,22H,13-14,17,21H2,1-3H3. The fourth-order valence-corrected chi connectivity index (χ4v) is 7.49. The molecule has 0 aliphatic carbocycles. The molecule has 0 bridgehead atoms. The number of hydrogen-bond donors (Lipinski definition) is 0. The first kappa shape index (κ1) is 26.4. The largest absolute Gasteiger partial charge is 0.274 e. The topological polar surface area (TPSA) is 73.0 Å². The van der Waals surface area contributed by atoms with Gasteiger partial charge in [-0.05, 0) is 71.8 Å². The van der Waals surface area contributed by atoms with Crippen LogP contribution in [0.5, 0.6) is 0 Å². The van der Waals surface area contributed by atoms with Gasteiger partial charge >= 0.3 is 0 Å². The second-order valence-electron chi connectivity index (χ2n) is 11.1. The van der Waals surface area contributed by atoms with Crippen molar-refractivity contribution >= 4 is 20.9 Å². The van der Waals surface area contributed by atoms with E-state index in [9.17, 15) is 12.8 Å². The first-order valence-corrected chi connectivity index (χ1v) is 14.9. The summed E-state index contributed by atoms with van der Waals surface area (Å²) in [5, 5.41) is 9.71. The summed E-state index contributed by atoms with van der Waals surface area (Å²) >= 11 is 0. The van der Waals surface area contributed by atoms with Crippen molar-refractivity contribution in [3.8, 4) is 5.69 Å². The third-order valence-electron chi connectivity index (χ3n) is 8.03. The number of rotatable bonds is 7. The average molecular weight is 558 g/mol. The quantitative estimate of drug-likeness (QED) is 0.261. The van der Waals surface area contributed by atoms with E-state index in [-0.39, 0.29) is 16.6 Å². The molecule has 5 aromatic rings. The summed E-state index contributed by atoms with van der Waals surface area (Å²) in [5.41, 5.74) is 4.77. The van der Waals surface area contributed by atoms with Gasteiger partial charge in [-0.15, -0.1) is 0 Å². The monoisotopic (exact) mass is 557 g/mol. The summed E-state index contributed by atoms with van der Waals surface area (Å²) in [4.78, 5) is 0.214. The summed E-state index contributed by atoms with van der Waals surface area (Å²) in [5.74, 6) is -0.104. The van der Waals surface area contributed by atoms with Crippen LogP contribution in [0.4, 0.5) is 4.39 Å². The van der Waals surface area contributed by atoms with E-state index >= 15 is 0 Å². The van der Waals surface area contributed by atoms with Gasteiger partial charge in [0.25, 0.3) is 0 Å².